The number of para-hydroxylation sites is 1. The van der Waals surface area contributed by atoms with Crippen molar-refractivity contribution in [2.45, 2.75) is 0 Å². The van der Waals surface area contributed by atoms with Gasteiger partial charge in [0.2, 0.25) is 0 Å². The Hall–Kier alpha value is -3.68. The second-order valence-electron chi connectivity index (χ2n) is 7.63. The molecule has 0 saturated carbocycles. The van der Waals surface area contributed by atoms with Crippen LogP contribution in [-0.4, -0.2) is 56.3 Å². The molecule has 0 radical (unpaired) electrons. The normalized spacial score (nSPS) is 14.6. The van der Waals surface area contributed by atoms with Crippen LogP contribution in [0.2, 0.25) is 0 Å². The molecule has 8 nitrogen and oxygen atoms in total. The molecule has 8 heteroatoms. The lowest BCUT2D eigenvalue weighted by Gasteiger charge is -2.36. The molecule has 4 aromatic rings. The largest absolute Gasteiger partial charge is 0.368 e. The highest BCUT2D eigenvalue weighted by molar-refractivity contribution is 6.04. The maximum atomic E-state index is 13.1. The van der Waals surface area contributed by atoms with E-state index in [1.54, 1.807) is 18.1 Å². The molecule has 2 aromatic carbocycles. The highest BCUT2D eigenvalue weighted by Gasteiger charge is 2.26. The molecule has 1 fully saturated rings. The van der Waals surface area contributed by atoms with Crippen LogP contribution in [0.3, 0.4) is 0 Å². The van der Waals surface area contributed by atoms with E-state index in [1.165, 1.54) is 4.57 Å². The molecule has 1 aliphatic heterocycles. The van der Waals surface area contributed by atoms with Gasteiger partial charge in [-0.15, -0.1) is 0 Å². The number of rotatable bonds is 2. The highest BCUT2D eigenvalue weighted by atomic mass is 16.2. The third kappa shape index (κ3) is 2.92. The molecule has 3 heterocycles. The van der Waals surface area contributed by atoms with E-state index in [4.69, 9.17) is 0 Å². The van der Waals surface area contributed by atoms with Gasteiger partial charge in [0, 0.05) is 51.3 Å². The first-order valence-corrected chi connectivity index (χ1v) is 9.94. The van der Waals surface area contributed by atoms with Crippen molar-refractivity contribution in [3.8, 4) is 0 Å². The van der Waals surface area contributed by atoms with Gasteiger partial charge in [0.05, 0.1) is 22.7 Å². The maximum absolute atomic E-state index is 13.1. The Morgan fingerprint density at radius 3 is 2.53 bits per heavy atom. The molecule has 152 valence electrons. The van der Waals surface area contributed by atoms with E-state index < -0.39 is 0 Å². The Bertz CT molecular complexity index is 1330. The quantitative estimate of drug-likeness (QED) is 0.511. The number of hydrogen-bond donors (Lipinski definition) is 0. The SMILES string of the molecule is Cn1cnc2cc(N3CCN(C(=O)c4nn(C)c5ccccc45)CC3)ccc2c1=O. The second kappa shape index (κ2) is 6.98. The molecule has 1 saturated heterocycles. The summed E-state index contributed by atoms with van der Waals surface area (Å²) in [6.07, 6.45) is 1.54. The molecule has 0 N–H and O–H groups in total. The number of aryl methyl sites for hydroxylation is 2. The fraction of sp³-hybridized carbons (Fsp3) is 0.273. The molecule has 0 spiro atoms. The molecule has 0 unspecified atom stereocenters. The first-order chi connectivity index (χ1) is 14.5. The lowest BCUT2D eigenvalue weighted by atomic mass is 10.1. The molecule has 0 atom stereocenters. The van der Waals surface area contributed by atoms with Crippen LogP contribution in [0.15, 0.2) is 53.6 Å². The van der Waals surface area contributed by atoms with Gasteiger partial charge in [-0.2, -0.15) is 5.10 Å². The first-order valence-electron chi connectivity index (χ1n) is 9.94. The van der Waals surface area contributed by atoms with Crippen molar-refractivity contribution in [2.24, 2.45) is 14.1 Å². The van der Waals surface area contributed by atoms with Gasteiger partial charge in [-0.3, -0.25) is 14.3 Å². The molecule has 2 aromatic heterocycles. The van der Waals surface area contributed by atoms with Gasteiger partial charge in [-0.1, -0.05) is 18.2 Å². The molecule has 1 amide bonds. The minimum absolute atomic E-state index is 0.0323. The van der Waals surface area contributed by atoms with E-state index >= 15 is 0 Å². The standard InChI is InChI=1S/C22H22N6O2/c1-25-14-23-18-13-15(7-8-16(18)21(25)29)27-9-11-28(12-10-27)22(30)20-17-5-3-4-6-19(17)26(2)24-20/h3-8,13-14H,9-12H2,1-2H3. The van der Waals surface area contributed by atoms with Crippen LogP contribution in [0.5, 0.6) is 0 Å². The predicted octanol–water partition coefficient (Wildman–Crippen LogP) is 1.78. The molecular weight excluding hydrogens is 380 g/mol. The highest BCUT2D eigenvalue weighted by Crippen LogP contribution is 2.23. The summed E-state index contributed by atoms with van der Waals surface area (Å²) in [5.41, 5.74) is 3.11. The van der Waals surface area contributed by atoms with Gasteiger partial charge in [0.1, 0.15) is 0 Å². The van der Waals surface area contributed by atoms with Crippen LogP contribution >= 0.6 is 0 Å². The van der Waals surface area contributed by atoms with E-state index in [1.807, 2.05) is 54.4 Å². The maximum Gasteiger partial charge on any atom is 0.275 e. The van der Waals surface area contributed by atoms with Crippen molar-refractivity contribution >= 4 is 33.4 Å². The lowest BCUT2D eigenvalue weighted by Crippen LogP contribution is -2.49. The minimum Gasteiger partial charge on any atom is -0.368 e. The molecule has 0 bridgehead atoms. The van der Waals surface area contributed by atoms with Gasteiger partial charge in [0.25, 0.3) is 11.5 Å². The number of carbonyl (C=O) groups excluding carboxylic acids is 1. The number of piperazine rings is 1. The van der Waals surface area contributed by atoms with E-state index in [-0.39, 0.29) is 11.5 Å². The van der Waals surface area contributed by atoms with E-state index in [0.29, 0.717) is 42.8 Å². The van der Waals surface area contributed by atoms with Gasteiger partial charge in [-0.05, 0) is 24.3 Å². The van der Waals surface area contributed by atoms with E-state index in [0.717, 1.165) is 16.6 Å². The molecule has 1 aliphatic rings. The fourth-order valence-electron chi connectivity index (χ4n) is 4.08. The van der Waals surface area contributed by atoms with Gasteiger partial charge < -0.3 is 14.4 Å². The summed E-state index contributed by atoms with van der Waals surface area (Å²) in [7, 11) is 3.56. The summed E-state index contributed by atoms with van der Waals surface area (Å²) in [4.78, 5) is 33.8. The minimum atomic E-state index is -0.0513. The second-order valence-corrected chi connectivity index (χ2v) is 7.63. The zero-order valence-corrected chi connectivity index (χ0v) is 16.9. The fourth-order valence-corrected chi connectivity index (χ4v) is 4.08. The average molecular weight is 402 g/mol. The number of fused-ring (bicyclic) bond motifs is 2. The van der Waals surface area contributed by atoms with Crippen LogP contribution in [-0.2, 0) is 14.1 Å². The van der Waals surface area contributed by atoms with Crippen LogP contribution in [0.4, 0.5) is 5.69 Å². The van der Waals surface area contributed by atoms with Crippen molar-refractivity contribution in [3.63, 3.8) is 0 Å². The number of benzene rings is 2. The molecule has 30 heavy (non-hydrogen) atoms. The van der Waals surface area contributed by atoms with Crippen molar-refractivity contribution in [1.29, 1.82) is 0 Å². The van der Waals surface area contributed by atoms with Crippen molar-refractivity contribution in [3.05, 3.63) is 64.8 Å². The Morgan fingerprint density at radius 2 is 1.73 bits per heavy atom. The first kappa shape index (κ1) is 18.4. The van der Waals surface area contributed by atoms with Crippen LogP contribution in [0.1, 0.15) is 10.5 Å². The smallest absolute Gasteiger partial charge is 0.275 e. The van der Waals surface area contributed by atoms with E-state index in [9.17, 15) is 9.59 Å². The van der Waals surface area contributed by atoms with E-state index in [2.05, 4.69) is 15.0 Å². The Kier molecular flexibility index (Phi) is 4.27. The number of hydrogen-bond acceptors (Lipinski definition) is 5. The van der Waals surface area contributed by atoms with Gasteiger partial charge >= 0.3 is 0 Å². The number of anilines is 1. The number of amides is 1. The van der Waals surface area contributed by atoms with Crippen molar-refractivity contribution < 1.29 is 4.79 Å². The van der Waals surface area contributed by atoms with Crippen LogP contribution < -0.4 is 10.5 Å². The Balaban J connectivity index is 1.35. The number of nitrogens with zero attached hydrogens (tertiary/aromatic N) is 6. The van der Waals surface area contributed by atoms with Gasteiger partial charge in [-0.25, -0.2) is 4.98 Å². The van der Waals surface area contributed by atoms with Crippen LogP contribution in [0, 0.1) is 0 Å². The Morgan fingerprint density at radius 1 is 0.967 bits per heavy atom. The monoisotopic (exact) mass is 402 g/mol. The lowest BCUT2D eigenvalue weighted by molar-refractivity contribution is 0.0742. The topological polar surface area (TPSA) is 76.3 Å². The summed E-state index contributed by atoms with van der Waals surface area (Å²) in [5.74, 6) is -0.0323. The number of aromatic nitrogens is 4. The van der Waals surface area contributed by atoms with Crippen molar-refractivity contribution in [2.75, 3.05) is 31.1 Å². The molecular formula is C22H22N6O2. The zero-order chi connectivity index (χ0) is 20.8. The summed E-state index contributed by atoms with van der Waals surface area (Å²) < 4.78 is 3.23. The van der Waals surface area contributed by atoms with Gasteiger partial charge in [0.15, 0.2) is 5.69 Å². The summed E-state index contributed by atoms with van der Waals surface area (Å²) >= 11 is 0. The third-order valence-corrected chi connectivity index (χ3v) is 5.79. The molecule has 0 aliphatic carbocycles. The zero-order valence-electron chi connectivity index (χ0n) is 16.9. The Labute approximate surface area is 172 Å². The summed E-state index contributed by atoms with van der Waals surface area (Å²) in [6, 6.07) is 13.5. The van der Waals surface area contributed by atoms with Crippen LogP contribution in [0.25, 0.3) is 21.8 Å². The molecule has 5 rings (SSSR count). The number of carbonyl (C=O) groups is 1. The third-order valence-electron chi connectivity index (χ3n) is 5.79. The van der Waals surface area contributed by atoms with Crippen molar-refractivity contribution in [1.82, 2.24) is 24.2 Å². The predicted molar refractivity (Wildman–Crippen MR) is 116 cm³/mol. The summed E-state index contributed by atoms with van der Waals surface area (Å²) in [6.45, 7) is 2.66. The average Bonchev–Trinajstić information content (AvgIpc) is 3.12. The summed E-state index contributed by atoms with van der Waals surface area (Å²) in [5, 5.41) is 5.96.